The van der Waals surface area contributed by atoms with E-state index in [9.17, 15) is 9.59 Å². The highest BCUT2D eigenvalue weighted by Crippen LogP contribution is 2.58. The largest absolute Gasteiger partial charge is 0.497 e. The standard InChI is InChI=1S/C22H23NO3/c1-26-15-9-5-8-14(12-15)23-21(24)19-16-10-11-17(20(19)22(23)25)18(16)13-6-3-2-4-7-13/h5,8-12,16-17,19-20H,2-4,6-7H2,1H3/t16-,17+,19-,20-/m1/s1. The van der Waals surface area contributed by atoms with Crippen molar-refractivity contribution >= 4 is 17.5 Å². The fourth-order valence-electron chi connectivity index (χ4n) is 5.51. The monoisotopic (exact) mass is 349 g/mol. The summed E-state index contributed by atoms with van der Waals surface area (Å²) < 4.78 is 5.26. The second kappa shape index (κ2) is 5.83. The van der Waals surface area contributed by atoms with E-state index in [1.54, 1.807) is 13.2 Å². The SMILES string of the molecule is COc1cccc(N2C(=O)[C@H]3[C@H](C2=O)[C@H]2C=C[C@@H]3C2=C2CCCCC2)c1. The number of hydrogen-bond donors (Lipinski definition) is 0. The number of imide groups is 1. The van der Waals surface area contributed by atoms with Gasteiger partial charge in [0.2, 0.25) is 11.8 Å². The summed E-state index contributed by atoms with van der Waals surface area (Å²) in [5, 5.41) is 0. The molecule has 0 aromatic heterocycles. The molecule has 4 heteroatoms. The van der Waals surface area contributed by atoms with Gasteiger partial charge in [-0.05, 0) is 37.8 Å². The number of benzene rings is 1. The van der Waals surface area contributed by atoms with Crippen LogP contribution < -0.4 is 9.64 Å². The van der Waals surface area contributed by atoms with E-state index in [2.05, 4.69) is 12.2 Å². The van der Waals surface area contributed by atoms with Gasteiger partial charge in [-0.1, -0.05) is 35.8 Å². The summed E-state index contributed by atoms with van der Waals surface area (Å²) in [6.07, 6.45) is 10.4. The van der Waals surface area contributed by atoms with Crippen molar-refractivity contribution in [1.82, 2.24) is 0 Å². The third-order valence-corrected chi connectivity index (χ3v) is 6.59. The first-order valence-corrected chi connectivity index (χ1v) is 9.62. The molecule has 4 aliphatic rings. The summed E-state index contributed by atoms with van der Waals surface area (Å²) in [7, 11) is 1.59. The van der Waals surface area contributed by atoms with Crippen LogP contribution >= 0.6 is 0 Å². The fraction of sp³-hybridized carbons (Fsp3) is 0.455. The second-order valence-electron chi connectivity index (χ2n) is 7.82. The third kappa shape index (κ3) is 2.08. The van der Waals surface area contributed by atoms with E-state index in [-0.39, 0.29) is 35.5 Å². The molecule has 1 saturated heterocycles. The lowest BCUT2D eigenvalue weighted by molar-refractivity contribution is -0.122. The number of ether oxygens (including phenoxy) is 1. The van der Waals surface area contributed by atoms with Crippen LogP contribution in [0.25, 0.3) is 0 Å². The minimum Gasteiger partial charge on any atom is -0.497 e. The molecule has 4 nitrogen and oxygen atoms in total. The van der Waals surface area contributed by atoms with E-state index in [4.69, 9.17) is 4.74 Å². The zero-order valence-electron chi connectivity index (χ0n) is 15.0. The van der Waals surface area contributed by atoms with Crippen LogP contribution in [0.15, 0.2) is 47.6 Å². The Morgan fingerprint density at radius 1 is 0.962 bits per heavy atom. The first kappa shape index (κ1) is 15.9. The molecular formula is C22H23NO3. The number of rotatable bonds is 2. The van der Waals surface area contributed by atoms with Gasteiger partial charge in [-0.15, -0.1) is 0 Å². The summed E-state index contributed by atoms with van der Waals surface area (Å²) in [6.45, 7) is 0. The molecule has 1 aliphatic heterocycles. The molecule has 0 radical (unpaired) electrons. The summed E-state index contributed by atoms with van der Waals surface area (Å²) >= 11 is 0. The lowest BCUT2D eigenvalue weighted by Crippen LogP contribution is -2.33. The number of allylic oxidation sites excluding steroid dienone is 4. The maximum atomic E-state index is 13.2. The molecule has 134 valence electrons. The molecule has 3 fully saturated rings. The number of fused-ring (bicyclic) bond motifs is 5. The van der Waals surface area contributed by atoms with Gasteiger partial charge in [-0.25, -0.2) is 4.90 Å². The van der Waals surface area contributed by atoms with E-state index in [0.29, 0.717) is 11.4 Å². The molecule has 1 aromatic rings. The normalized spacial score (nSPS) is 32.6. The molecule has 1 aromatic carbocycles. The molecule has 3 aliphatic carbocycles. The number of hydrogen-bond acceptors (Lipinski definition) is 3. The molecule has 26 heavy (non-hydrogen) atoms. The van der Waals surface area contributed by atoms with E-state index < -0.39 is 0 Å². The van der Waals surface area contributed by atoms with Crippen molar-refractivity contribution in [1.29, 1.82) is 0 Å². The average Bonchev–Trinajstić information content (AvgIpc) is 3.32. The number of carbonyl (C=O) groups excluding carboxylic acids is 2. The summed E-state index contributed by atoms with van der Waals surface area (Å²) in [5.41, 5.74) is 3.56. The van der Waals surface area contributed by atoms with Crippen LogP contribution in [0, 0.1) is 23.7 Å². The van der Waals surface area contributed by atoms with Crippen LogP contribution in [-0.2, 0) is 9.59 Å². The number of nitrogens with zero attached hydrogens (tertiary/aromatic N) is 1. The van der Waals surface area contributed by atoms with Gasteiger partial charge in [0.25, 0.3) is 0 Å². The van der Waals surface area contributed by atoms with E-state index >= 15 is 0 Å². The lowest BCUT2D eigenvalue weighted by Gasteiger charge is -2.23. The van der Waals surface area contributed by atoms with Crippen molar-refractivity contribution in [2.24, 2.45) is 23.7 Å². The Labute approximate surface area is 153 Å². The van der Waals surface area contributed by atoms with E-state index in [0.717, 1.165) is 12.8 Å². The summed E-state index contributed by atoms with van der Waals surface area (Å²) in [4.78, 5) is 27.8. The maximum absolute atomic E-state index is 13.2. The average molecular weight is 349 g/mol. The first-order valence-electron chi connectivity index (χ1n) is 9.62. The van der Waals surface area contributed by atoms with Crippen LogP contribution in [0.4, 0.5) is 5.69 Å². The quantitative estimate of drug-likeness (QED) is 0.601. The molecule has 5 rings (SSSR count). The molecule has 2 bridgehead atoms. The zero-order chi connectivity index (χ0) is 17.8. The van der Waals surface area contributed by atoms with Crippen LogP contribution in [0.1, 0.15) is 32.1 Å². The topological polar surface area (TPSA) is 46.6 Å². The highest BCUT2D eigenvalue weighted by atomic mass is 16.5. The van der Waals surface area contributed by atoms with Crippen LogP contribution in [0.3, 0.4) is 0 Å². The minimum absolute atomic E-state index is 0.0426. The molecule has 2 amide bonds. The lowest BCUT2D eigenvalue weighted by atomic mass is 9.85. The van der Waals surface area contributed by atoms with Gasteiger partial charge in [0, 0.05) is 17.9 Å². The van der Waals surface area contributed by atoms with Gasteiger partial charge in [0.1, 0.15) is 5.75 Å². The van der Waals surface area contributed by atoms with Gasteiger partial charge in [0.15, 0.2) is 0 Å². The van der Waals surface area contributed by atoms with Crippen molar-refractivity contribution in [3.63, 3.8) is 0 Å². The predicted molar refractivity (Wildman–Crippen MR) is 98.7 cm³/mol. The molecule has 2 saturated carbocycles. The highest BCUT2D eigenvalue weighted by Gasteiger charge is 2.62. The van der Waals surface area contributed by atoms with Gasteiger partial charge >= 0.3 is 0 Å². The highest BCUT2D eigenvalue weighted by molar-refractivity contribution is 6.23. The van der Waals surface area contributed by atoms with Crippen molar-refractivity contribution in [3.05, 3.63) is 47.6 Å². The third-order valence-electron chi connectivity index (χ3n) is 6.59. The maximum Gasteiger partial charge on any atom is 0.238 e. The molecule has 0 unspecified atom stereocenters. The van der Waals surface area contributed by atoms with Crippen LogP contribution in [-0.4, -0.2) is 18.9 Å². The Kier molecular flexibility index (Phi) is 3.56. The second-order valence-corrected chi connectivity index (χ2v) is 7.82. The molecule has 1 heterocycles. The van der Waals surface area contributed by atoms with Gasteiger partial charge in [-0.2, -0.15) is 0 Å². The van der Waals surface area contributed by atoms with Gasteiger partial charge in [-0.3, -0.25) is 9.59 Å². The van der Waals surface area contributed by atoms with Gasteiger partial charge in [0.05, 0.1) is 24.6 Å². The van der Waals surface area contributed by atoms with Crippen LogP contribution in [0.5, 0.6) is 5.75 Å². The smallest absolute Gasteiger partial charge is 0.238 e. The first-order chi connectivity index (χ1) is 12.7. The minimum atomic E-state index is -0.215. The summed E-state index contributed by atoms with van der Waals surface area (Å²) in [5.74, 6) is 0.404. The number of carbonyl (C=O) groups is 2. The van der Waals surface area contributed by atoms with E-state index in [1.165, 1.54) is 35.3 Å². The fourth-order valence-corrected chi connectivity index (χ4v) is 5.51. The molecule has 0 N–H and O–H groups in total. The Morgan fingerprint density at radius 3 is 2.23 bits per heavy atom. The molecule has 0 spiro atoms. The number of anilines is 1. The molecular weight excluding hydrogens is 326 g/mol. The number of methoxy groups -OCH3 is 1. The number of amides is 2. The zero-order valence-corrected chi connectivity index (χ0v) is 15.0. The predicted octanol–water partition coefficient (Wildman–Crippen LogP) is 3.88. The van der Waals surface area contributed by atoms with Crippen molar-refractivity contribution in [3.8, 4) is 5.75 Å². The Morgan fingerprint density at radius 2 is 1.62 bits per heavy atom. The Bertz CT molecular complexity index is 811. The van der Waals surface area contributed by atoms with Gasteiger partial charge < -0.3 is 4.74 Å². The summed E-state index contributed by atoms with van der Waals surface area (Å²) in [6, 6.07) is 7.24. The van der Waals surface area contributed by atoms with Crippen molar-refractivity contribution < 1.29 is 14.3 Å². The van der Waals surface area contributed by atoms with Crippen molar-refractivity contribution in [2.45, 2.75) is 32.1 Å². The molecule has 4 atom stereocenters. The van der Waals surface area contributed by atoms with Crippen LogP contribution in [0.2, 0.25) is 0 Å². The van der Waals surface area contributed by atoms with E-state index in [1.807, 2.05) is 18.2 Å². The van der Waals surface area contributed by atoms with Crippen molar-refractivity contribution in [2.75, 3.05) is 12.0 Å². The Balaban J connectivity index is 1.52. The Hall–Kier alpha value is -2.36.